The van der Waals surface area contributed by atoms with E-state index in [-0.39, 0.29) is 12.2 Å². The molecule has 0 bridgehead atoms. The van der Waals surface area contributed by atoms with E-state index in [0.717, 1.165) is 6.42 Å². The van der Waals surface area contributed by atoms with Crippen molar-refractivity contribution in [2.75, 3.05) is 7.11 Å². The Labute approximate surface area is 50.5 Å². The first-order chi connectivity index (χ1) is 3.66. The van der Waals surface area contributed by atoms with E-state index in [1.165, 1.54) is 0 Å². The molecule has 0 aliphatic carbocycles. The second-order valence-electron chi connectivity index (χ2n) is 2.13. The van der Waals surface area contributed by atoms with Crippen molar-refractivity contribution in [3.63, 3.8) is 0 Å². The highest BCUT2D eigenvalue weighted by Gasteiger charge is 2.02. The Morgan fingerprint density at radius 3 is 2.12 bits per heavy atom. The predicted octanol–water partition coefficient (Wildman–Crippen LogP) is 0.792. The molecule has 0 aliphatic heterocycles. The molecule has 0 saturated heterocycles. The lowest BCUT2D eigenvalue weighted by atomic mass is 10.2. The van der Waals surface area contributed by atoms with Gasteiger partial charge in [0.15, 0.2) is 0 Å². The summed E-state index contributed by atoms with van der Waals surface area (Å²) in [6.45, 7) is 3.70. The highest BCUT2D eigenvalue weighted by Crippen LogP contribution is 1.98. The van der Waals surface area contributed by atoms with Gasteiger partial charge in [-0.3, -0.25) is 0 Å². The van der Waals surface area contributed by atoms with Crippen LogP contribution in [0.2, 0.25) is 0 Å². The Morgan fingerprint density at radius 2 is 2.00 bits per heavy atom. The lowest BCUT2D eigenvalue weighted by Gasteiger charge is -2.09. The zero-order valence-corrected chi connectivity index (χ0v) is 5.72. The largest absolute Gasteiger partial charge is 0.393 e. The number of methoxy groups -OCH3 is 1. The van der Waals surface area contributed by atoms with Crippen LogP contribution in [0.15, 0.2) is 0 Å². The number of hydrogen-bond acceptors (Lipinski definition) is 2. The first kappa shape index (κ1) is 7.92. The first-order valence-electron chi connectivity index (χ1n) is 2.87. The lowest BCUT2D eigenvalue weighted by Crippen LogP contribution is -2.13. The van der Waals surface area contributed by atoms with Crippen LogP contribution in [-0.2, 0) is 4.74 Å². The summed E-state index contributed by atoms with van der Waals surface area (Å²) in [6.07, 6.45) is 0.649. The number of ether oxygens (including phenoxy) is 1. The average molecular weight is 118 g/mol. The van der Waals surface area contributed by atoms with Crippen molar-refractivity contribution < 1.29 is 9.84 Å². The van der Waals surface area contributed by atoms with E-state index in [1.807, 2.05) is 6.92 Å². The van der Waals surface area contributed by atoms with Crippen molar-refractivity contribution in [1.29, 1.82) is 0 Å². The van der Waals surface area contributed by atoms with Gasteiger partial charge in [0.2, 0.25) is 0 Å². The van der Waals surface area contributed by atoms with E-state index >= 15 is 0 Å². The molecule has 0 aromatic carbocycles. The Balaban J connectivity index is 3.10. The molecule has 8 heavy (non-hydrogen) atoms. The third-order valence-corrected chi connectivity index (χ3v) is 1.08. The fourth-order valence-electron chi connectivity index (χ4n) is 0.577. The highest BCUT2D eigenvalue weighted by molar-refractivity contribution is 4.53. The van der Waals surface area contributed by atoms with Crippen LogP contribution in [0.4, 0.5) is 0 Å². The predicted molar refractivity (Wildman–Crippen MR) is 32.8 cm³/mol. The molecule has 0 aromatic rings. The van der Waals surface area contributed by atoms with Gasteiger partial charge in [-0.15, -0.1) is 0 Å². The Kier molecular flexibility index (Phi) is 3.83. The summed E-state index contributed by atoms with van der Waals surface area (Å²) in [5.74, 6) is 0. The second-order valence-corrected chi connectivity index (χ2v) is 2.13. The second kappa shape index (κ2) is 3.87. The van der Waals surface area contributed by atoms with Crippen LogP contribution in [-0.4, -0.2) is 24.4 Å². The molecule has 2 nitrogen and oxygen atoms in total. The SMILES string of the molecule is CO[C@H](C)C[C@H](C)O. The molecule has 0 radical (unpaired) electrons. The highest BCUT2D eigenvalue weighted by atomic mass is 16.5. The lowest BCUT2D eigenvalue weighted by molar-refractivity contribution is 0.0635. The van der Waals surface area contributed by atoms with Gasteiger partial charge in [0.05, 0.1) is 12.2 Å². The van der Waals surface area contributed by atoms with Gasteiger partial charge in [0, 0.05) is 7.11 Å². The maximum atomic E-state index is 8.77. The topological polar surface area (TPSA) is 29.5 Å². The summed E-state index contributed by atoms with van der Waals surface area (Å²) in [5, 5.41) is 8.77. The van der Waals surface area contributed by atoms with Crippen molar-refractivity contribution in [3.8, 4) is 0 Å². The summed E-state index contributed by atoms with van der Waals surface area (Å²) in [4.78, 5) is 0. The maximum Gasteiger partial charge on any atom is 0.0567 e. The van der Waals surface area contributed by atoms with Gasteiger partial charge in [0.25, 0.3) is 0 Å². The van der Waals surface area contributed by atoms with Crippen LogP contribution in [0.5, 0.6) is 0 Å². The summed E-state index contributed by atoms with van der Waals surface area (Å²) in [6, 6.07) is 0. The van der Waals surface area contributed by atoms with E-state index < -0.39 is 0 Å². The monoisotopic (exact) mass is 118 g/mol. The third kappa shape index (κ3) is 4.09. The Bertz CT molecular complexity index is 52.5. The molecular formula is C6H14O2. The normalized spacial score (nSPS) is 18.0. The molecule has 0 rings (SSSR count). The van der Waals surface area contributed by atoms with Crippen LogP contribution in [0.1, 0.15) is 20.3 Å². The molecule has 1 N–H and O–H groups in total. The summed E-state index contributed by atoms with van der Waals surface area (Å²) in [5.41, 5.74) is 0. The molecule has 0 amide bonds. The summed E-state index contributed by atoms with van der Waals surface area (Å²) in [7, 11) is 1.65. The van der Waals surface area contributed by atoms with Gasteiger partial charge in [-0.1, -0.05) is 0 Å². The van der Waals surface area contributed by atoms with Gasteiger partial charge in [0.1, 0.15) is 0 Å². The minimum atomic E-state index is -0.245. The van der Waals surface area contributed by atoms with E-state index in [4.69, 9.17) is 9.84 Å². The molecule has 0 unspecified atom stereocenters. The first-order valence-corrected chi connectivity index (χ1v) is 2.87. The number of aliphatic hydroxyl groups excluding tert-OH is 1. The molecule has 0 heterocycles. The van der Waals surface area contributed by atoms with Crippen molar-refractivity contribution in [2.45, 2.75) is 32.5 Å². The van der Waals surface area contributed by atoms with E-state index in [9.17, 15) is 0 Å². The Morgan fingerprint density at radius 1 is 1.50 bits per heavy atom. The fraction of sp³-hybridized carbons (Fsp3) is 1.00. The van der Waals surface area contributed by atoms with Crippen molar-refractivity contribution in [2.24, 2.45) is 0 Å². The van der Waals surface area contributed by atoms with Gasteiger partial charge in [-0.25, -0.2) is 0 Å². The molecule has 50 valence electrons. The van der Waals surface area contributed by atoms with Gasteiger partial charge in [-0.2, -0.15) is 0 Å². The average Bonchev–Trinajstić information content (AvgIpc) is 1.65. The van der Waals surface area contributed by atoms with E-state index in [2.05, 4.69) is 0 Å². The third-order valence-electron chi connectivity index (χ3n) is 1.08. The van der Waals surface area contributed by atoms with Crippen molar-refractivity contribution in [3.05, 3.63) is 0 Å². The van der Waals surface area contributed by atoms with Crippen LogP contribution in [0, 0.1) is 0 Å². The molecule has 0 spiro atoms. The zero-order valence-electron chi connectivity index (χ0n) is 5.72. The number of rotatable bonds is 3. The minimum Gasteiger partial charge on any atom is -0.393 e. The van der Waals surface area contributed by atoms with E-state index in [0.29, 0.717) is 0 Å². The van der Waals surface area contributed by atoms with Crippen LogP contribution in [0.25, 0.3) is 0 Å². The molecule has 0 aliphatic rings. The molecule has 0 fully saturated rings. The van der Waals surface area contributed by atoms with Gasteiger partial charge >= 0.3 is 0 Å². The van der Waals surface area contributed by atoms with Crippen LogP contribution < -0.4 is 0 Å². The molecular weight excluding hydrogens is 104 g/mol. The summed E-state index contributed by atoms with van der Waals surface area (Å²) >= 11 is 0. The Hall–Kier alpha value is -0.0800. The smallest absolute Gasteiger partial charge is 0.0567 e. The molecule has 0 saturated carbocycles. The molecule has 2 heteroatoms. The van der Waals surface area contributed by atoms with Crippen molar-refractivity contribution in [1.82, 2.24) is 0 Å². The standard InChI is InChI=1S/C6H14O2/c1-5(7)4-6(2)8-3/h5-7H,4H2,1-3H3/t5-,6+/m0/s1. The van der Waals surface area contributed by atoms with Gasteiger partial charge in [-0.05, 0) is 20.3 Å². The van der Waals surface area contributed by atoms with Crippen molar-refractivity contribution >= 4 is 0 Å². The fourth-order valence-corrected chi connectivity index (χ4v) is 0.577. The van der Waals surface area contributed by atoms with Gasteiger partial charge < -0.3 is 9.84 Å². The maximum absolute atomic E-state index is 8.77. The summed E-state index contributed by atoms with van der Waals surface area (Å²) < 4.78 is 4.90. The minimum absolute atomic E-state index is 0.176. The quantitative estimate of drug-likeness (QED) is 0.593. The number of aliphatic hydroxyl groups is 1. The van der Waals surface area contributed by atoms with Crippen LogP contribution >= 0.6 is 0 Å². The molecule has 0 aromatic heterocycles. The van der Waals surface area contributed by atoms with E-state index in [1.54, 1.807) is 14.0 Å². The molecule has 2 atom stereocenters. The van der Waals surface area contributed by atoms with Crippen LogP contribution in [0.3, 0.4) is 0 Å². The number of hydrogen-bond donors (Lipinski definition) is 1. The zero-order chi connectivity index (χ0) is 6.57.